The van der Waals surface area contributed by atoms with E-state index in [0.717, 1.165) is 21.7 Å². The molecule has 0 atom stereocenters. The van der Waals surface area contributed by atoms with Crippen molar-refractivity contribution < 1.29 is 9.03 Å². The van der Waals surface area contributed by atoms with Gasteiger partial charge in [-0.15, -0.1) is 0 Å². The number of benzene rings is 2. The maximum atomic E-state index is 5.01. The largest absolute Gasteiger partial charge is 0.354 e. The molecule has 0 radical (unpaired) electrons. The van der Waals surface area contributed by atoms with Gasteiger partial charge in [0, 0.05) is 16.2 Å². The molecule has 2 aromatic carbocycles. The van der Waals surface area contributed by atoms with Gasteiger partial charge in [0.25, 0.3) is 21.7 Å². The first kappa shape index (κ1) is 19.9. The Balaban J connectivity index is 1.44. The van der Waals surface area contributed by atoms with Gasteiger partial charge in [-0.1, -0.05) is 59.1 Å². The third-order valence-corrected chi connectivity index (χ3v) is 9.27. The molecule has 5 nitrogen and oxygen atoms in total. The highest BCUT2D eigenvalue weighted by molar-refractivity contribution is 7.37. The topological polar surface area (TPSA) is 37.2 Å². The monoisotopic (exact) mass is 493 g/mol. The summed E-state index contributed by atoms with van der Waals surface area (Å²) in [4.78, 5) is 2.25. The summed E-state index contributed by atoms with van der Waals surface area (Å²) in [6, 6.07) is 21.1. The van der Waals surface area contributed by atoms with E-state index in [2.05, 4.69) is 87.1 Å². The molecule has 158 valence electrons. The van der Waals surface area contributed by atoms with Crippen LogP contribution in [0.15, 0.2) is 71.4 Å². The fourth-order valence-electron chi connectivity index (χ4n) is 3.62. The first-order valence-electron chi connectivity index (χ1n) is 10.2. The second-order valence-corrected chi connectivity index (χ2v) is 11.7. The summed E-state index contributed by atoms with van der Waals surface area (Å²) in [5.74, 6) is 0. The molecular formula is C23H19N5S4+2. The van der Waals surface area contributed by atoms with E-state index >= 15 is 0 Å². The first-order chi connectivity index (χ1) is 15.7. The minimum Gasteiger partial charge on any atom is -0.281 e. The molecule has 0 N–H and O–H groups in total. The van der Waals surface area contributed by atoms with Crippen LogP contribution in [0.25, 0.3) is 30.8 Å². The van der Waals surface area contributed by atoms with E-state index in [1.54, 1.807) is 45.3 Å². The number of fused-ring (bicyclic) bond motifs is 2. The maximum Gasteiger partial charge on any atom is 0.354 e. The van der Waals surface area contributed by atoms with E-state index in [1.165, 1.54) is 19.4 Å². The van der Waals surface area contributed by atoms with Crippen LogP contribution in [0.4, 0.5) is 10.3 Å². The number of anilines is 2. The highest BCUT2D eigenvalue weighted by Crippen LogP contribution is 2.36. The summed E-state index contributed by atoms with van der Waals surface area (Å²) < 4.78 is 6.46. The van der Waals surface area contributed by atoms with Gasteiger partial charge in [-0.05, 0) is 69.8 Å². The van der Waals surface area contributed by atoms with Gasteiger partial charge in [0.05, 0.1) is 21.9 Å². The molecule has 0 unspecified atom stereocenters. The van der Waals surface area contributed by atoms with Crippen molar-refractivity contribution >= 4 is 63.9 Å². The molecule has 0 saturated carbocycles. The van der Waals surface area contributed by atoms with Crippen LogP contribution in [0.1, 0.15) is 13.8 Å². The molecule has 32 heavy (non-hydrogen) atoms. The molecule has 6 aromatic rings. The summed E-state index contributed by atoms with van der Waals surface area (Å²) in [5, 5.41) is 16.3. The molecule has 0 saturated heterocycles. The standard InChI is InChI=1S/C23H19N5S4/c1-15(2)26(20-24-27-18(13-29-22(27)31-20)16-9-5-3-6-10-16)21-25-28-19(14-30-23(28)32-21)17-11-7-4-8-12-17/h3-15H,1-2H3/q+2. The third kappa shape index (κ3) is 3.32. The zero-order chi connectivity index (χ0) is 21.7. The highest BCUT2D eigenvalue weighted by Gasteiger charge is 2.32. The fraction of sp³-hybridized carbons (Fsp3) is 0.130. The predicted octanol–water partition coefficient (Wildman–Crippen LogP) is 6.08. The van der Waals surface area contributed by atoms with E-state index in [0.29, 0.717) is 0 Å². The van der Waals surface area contributed by atoms with E-state index in [4.69, 9.17) is 10.2 Å². The van der Waals surface area contributed by atoms with Crippen LogP contribution < -0.4 is 13.9 Å². The zero-order valence-electron chi connectivity index (χ0n) is 17.4. The summed E-state index contributed by atoms with van der Waals surface area (Å²) in [6.07, 6.45) is 0. The van der Waals surface area contributed by atoms with Crippen molar-refractivity contribution in [3.63, 3.8) is 0 Å². The molecular weight excluding hydrogens is 475 g/mol. The molecule has 0 amide bonds. The Morgan fingerprint density at radius 2 is 1.12 bits per heavy atom. The van der Waals surface area contributed by atoms with Gasteiger partial charge in [-0.2, -0.15) is 0 Å². The lowest BCUT2D eigenvalue weighted by Crippen LogP contribution is -2.31. The summed E-state index contributed by atoms with van der Waals surface area (Å²) in [7, 11) is 0. The fourth-order valence-corrected chi connectivity index (χ4v) is 7.97. The molecule has 0 spiro atoms. The average molecular weight is 494 g/mol. The smallest absolute Gasteiger partial charge is 0.281 e. The number of hydrogen-bond donors (Lipinski definition) is 0. The summed E-state index contributed by atoms with van der Waals surface area (Å²) >= 11 is 6.89. The molecule has 0 aliphatic carbocycles. The van der Waals surface area contributed by atoms with Crippen LogP contribution >= 0.6 is 45.3 Å². The van der Waals surface area contributed by atoms with Crippen LogP contribution in [0.3, 0.4) is 0 Å². The van der Waals surface area contributed by atoms with Crippen molar-refractivity contribution in [1.82, 2.24) is 10.2 Å². The number of rotatable bonds is 5. The highest BCUT2D eigenvalue weighted by atomic mass is 32.2. The van der Waals surface area contributed by atoms with Crippen molar-refractivity contribution in [1.29, 1.82) is 0 Å². The zero-order valence-corrected chi connectivity index (χ0v) is 20.6. The third-order valence-electron chi connectivity index (χ3n) is 5.14. The number of aromatic nitrogens is 4. The van der Waals surface area contributed by atoms with E-state index < -0.39 is 0 Å². The van der Waals surface area contributed by atoms with E-state index in [1.807, 2.05) is 12.1 Å². The lowest BCUT2D eigenvalue weighted by molar-refractivity contribution is -0.559. The second-order valence-electron chi connectivity index (χ2n) is 7.56. The maximum absolute atomic E-state index is 5.01. The van der Waals surface area contributed by atoms with Gasteiger partial charge in [-0.3, -0.25) is 4.90 Å². The number of hydrogen-bond acceptors (Lipinski definition) is 7. The summed E-state index contributed by atoms with van der Waals surface area (Å²) in [6.45, 7) is 4.38. The summed E-state index contributed by atoms with van der Waals surface area (Å²) in [5.41, 5.74) is 4.60. The van der Waals surface area contributed by atoms with E-state index in [9.17, 15) is 0 Å². The second kappa shape index (κ2) is 8.00. The van der Waals surface area contributed by atoms with Crippen molar-refractivity contribution in [2.24, 2.45) is 0 Å². The van der Waals surface area contributed by atoms with Gasteiger partial charge >= 0.3 is 8.29 Å². The Morgan fingerprint density at radius 1 is 0.688 bits per heavy atom. The minimum absolute atomic E-state index is 0.233. The number of thiazole rings is 2. The Bertz CT molecular complexity index is 1400. The van der Waals surface area contributed by atoms with Crippen LogP contribution in [0.5, 0.6) is 0 Å². The number of nitrogens with zero attached hydrogens (tertiary/aromatic N) is 5. The van der Waals surface area contributed by atoms with Gasteiger partial charge < -0.3 is 0 Å². The Hall–Kier alpha value is -2.72. The Morgan fingerprint density at radius 3 is 1.53 bits per heavy atom. The molecule has 0 fully saturated rings. The normalized spacial score (nSPS) is 11.7. The SMILES string of the molecule is CC(C)N(c1n[n+]2c(-c3ccccc3)csc2s1)c1n[n+]2c(-c3ccccc3)csc2s1. The minimum atomic E-state index is 0.233. The van der Waals surface area contributed by atoms with Gasteiger partial charge in [0.1, 0.15) is 0 Å². The molecule has 0 aliphatic rings. The lowest BCUT2D eigenvalue weighted by atomic mass is 10.2. The van der Waals surface area contributed by atoms with Crippen molar-refractivity contribution in [2.75, 3.05) is 4.90 Å². The molecule has 0 bridgehead atoms. The Kier molecular flexibility index (Phi) is 4.98. The Labute approximate surface area is 201 Å². The predicted molar refractivity (Wildman–Crippen MR) is 134 cm³/mol. The molecule has 6 rings (SSSR count). The molecule has 4 heterocycles. The van der Waals surface area contributed by atoms with Crippen LogP contribution in [0, 0.1) is 0 Å². The molecule has 4 aromatic heterocycles. The quantitative estimate of drug-likeness (QED) is 0.273. The van der Waals surface area contributed by atoms with Gasteiger partial charge in [0.15, 0.2) is 0 Å². The van der Waals surface area contributed by atoms with Crippen molar-refractivity contribution in [3.8, 4) is 22.5 Å². The average Bonchev–Trinajstić information content (AvgIpc) is 3.56. The van der Waals surface area contributed by atoms with Gasteiger partial charge in [0.2, 0.25) is 0 Å². The molecule has 0 aliphatic heterocycles. The first-order valence-corrected chi connectivity index (χ1v) is 13.6. The molecule has 9 heteroatoms. The van der Waals surface area contributed by atoms with Crippen molar-refractivity contribution in [3.05, 3.63) is 71.4 Å². The van der Waals surface area contributed by atoms with Crippen LogP contribution in [-0.2, 0) is 0 Å². The van der Waals surface area contributed by atoms with Crippen LogP contribution in [-0.4, -0.2) is 16.2 Å². The van der Waals surface area contributed by atoms with E-state index in [-0.39, 0.29) is 6.04 Å². The van der Waals surface area contributed by atoms with Gasteiger partial charge in [-0.25, -0.2) is 0 Å². The lowest BCUT2D eigenvalue weighted by Gasteiger charge is -2.19. The van der Waals surface area contributed by atoms with Crippen LogP contribution in [0.2, 0.25) is 0 Å². The van der Waals surface area contributed by atoms with Crippen molar-refractivity contribution in [2.45, 2.75) is 19.9 Å².